The molecule has 18 heavy (non-hydrogen) atoms. The van der Waals surface area contributed by atoms with Gasteiger partial charge in [0.1, 0.15) is 0 Å². The van der Waals surface area contributed by atoms with Crippen LogP contribution in [0.5, 0.6) is 0 Å². The monoisotopic (exact) mass is 331 g/mol. The topological polar surface area (TPSA) is 38.3 Å². The second-order valence-electron chi connectivity index (χ2n) is 4.74. The first-order valence-corrected chi connectivity index (χ1v) is 6.99. The summed E-state index contributed by atoms with van der Waals surface area (Å²) in [5.74, 6) is -0.166. The maximum Gasteiger partial charge on any atom is 0.253 e. The quantitative estimate of drug-likeness (QED) is 0.901. The molecule has 1 amide bonds. The zero-order valence-corrected chi connectivity index (χ0v) is 12.6. The number of rotatable bonds is 2. The van der Waals surface area contributed by atoms with Gasteiger partial charge in [-0.3, -0.25) is 4.79 Å². The van der Waals surface area contributed by atoms with Crippen molar-refractivity contribution in [3.63, 3.8) is 0 Å². The molecule has 2 atom stereocenters. The second-order valence-corrected chi connectivity index (χ2v) is 5.97. The first kappa shape index (κ1) is 13.8. The van der Waals surface area contributed by atoms with Gasteiger partial charge in [0.25, 0.3) is 5.91 Å². The van der Waals surface area contributed by atoms with Gasteiger partial charge < -0.3 is 10.1 Å². The van der Waals surface area contributed by atoms with Crippen LogP contribution in [0.15, 0.2) is 22.7 Å². The number of carbonyl (C=O) groups is 1. The molecule has 1 N–H and O–H groups in total. The van der Waals surface area contributed by atoms with Gasteiger partial charge in [-0.25, -0.2) is 0 Å². The van der Waals surface area contributed by atoms with Crippen LogP contribution in [0.25, 0.3) is 0 Å². The molecule has 0 aliphatic carbocycles. The van der Waals surface area contributed by atoms with Crippen LogP contribution < -0.4 is 5.32 Å². The summed E-state index contributed by atoms with van der Waals surface area (Å²) in [5, 5.41) is 3.46. The molecule has 1 aliphatic heterocycles. The van der Waals surface area contributed by atoms with Crippen LogP contribution in [0.1, 0.15) is 30.6 Å². The predicted octanol–water partition coefficient (Wildman–Crippen LogP) is 3.40. The molecule has 1 saturated heterocycles. The highest BCUT2D eigenvalue weighted by atomic mass is 79.9. The molecule has 0 spiro atoms. The fourth-order valence-corrected chi connectivity index (χ4v) is 2.58. The third-order valence-corrected chi connectivity index (χ3v) is 4.78. The van der Waals surface area contributed by atoms with Crippen molar-refractivity contribution in [2.45, 2.75) is 31.9 Å². The minimum absolute atomic E-state index is 0.00683. The molecule has 1 aromatic rings. The lowest BCUT2D eigenvalue weighted by atomic mass is 9.94. The molecule has 98 valence electrons. The van der Waals surface area contributed by atoms with Crippen molar-refractivity contribution < 1.29 is 9.53 Å². The van der Waals surface area contributed by atoms with E-state index in [9.17, 15) is 4.79 Å². The summed E-state index contributed by atoms with van der Waals surface area (Å²) >= 11 is 9.43. The van der Waals surface area contributed by atoms with Crippen molar-refractivity contribution in [1.82, 2.24) is 5.32 Å². The zero-order chi connectivity index (χ0) is 13.3. The largest absolute Gasteiger partial charge is 0.376 e. The van der Waals surface area contributed by atoms with Crippen molar-refractivity contribution in [2.24, 2.45) is 0 Å². The van der Waals surface area contributed by atoms with Crippen LogP contribution in [0, 0.1) is 0 Å². The van der Waals surface area contributed by atoms with Crippen LogP contribution in [0.4, 0.5) is 0 Å². The zero-order valence-electron chi connectivity index (χ0n) is 10.3. The Kier molecular flexibility index (Phi) is 3.99. The molecule has 1 aliphatic rings. The summed E-state index contributed by atoms with van der Waals surface area (Å²) in [4.78, 5) is 12.3. The number of hydrogen-bond acceptors (Lipinski definition) is 2. The molecule has 1 fully saturated rings. The smallest absolute Gasteiger partial charge is 0.253 e. The van der Waals surface area contributed by atoms with Crippen LogP contribution in [0.3, 0.4) is 0 Å². The molecule has 0 radical (unpaired) electrons. The van der Waals surface area contributed by atoms with E-state index in [2.05, 4.69) is 21.2 Å². The summed E-state index contributed by atoms with van der Waals surface area (Å²) < 4.78 is 6.22. The second kappa shape index (κ2) is 5.19. The van der Waals surface area contributed by atoms with E-state index in [1.54, 1.807) is 12.1 Å². The third kappa shape index (κ3) is 2.56. The Hall–Kier alpha value is -0.580. The Balaban J connectivity index is 2.20. The SMILES string of the molecule is CC1OCCC1(C)NC(=O)c1cccc(Br)c1Cl. The average Bonchev–Trinajstić information content (AvgIpc) is 2.62. The number of amides is 1. The minimum atomic E-state index is -0.331. The maximum absolute atomic E-state index is 12.3. The first-order chi connectivity index (χ1) is 8.44. The van der Waals surface area contributed by atoms with Crippen molar-refractivity contribution in [3.8, 4) is 0 Å². The van der Waals surface area contributed by atoms with Crippen LogP contribution >= 0.6 is 27.5 Å². The maximum atomic E-state index is 12.3. The van der Waals surface area contributed by atoms with E-state index < -0.39 is 0 Å². The molecule has 3 nitrogen and oxygen atoms in total. The van der Waals surface area contributed by atoms with Gasteiger partial charge in [0.15, 0.2) is 0 Å². The van der Waals surface area contributed by atoms with E-state index in [0.29, 0.717) is 17.2 Å². The van der Waals surface area contributed by atoms with Crippen LogP contribution in [-0.4, -0.2) is 24.2 Å². The van der Waals surface area contributed by atoms with Gasteiger partial charge in [-0.2, -0.15) is 0 Å². The van der Waals surface area contributed by atoms with E-state index in [0.717, 1.165) is 10.9 Å². The number of halogens is 2. The highest BCUT2D eigenvalue weighted by Gasteiger charge is 2.38. The van der Waals surface area contributed by atoms with E-state index in [1.807, 2.05) is 19.9 Å². The van der Waals surface area contributed by atoms with Crippen LogP contribution in [-0.2, 0) is 4.74 Å². The molecule has 0 bridgehead atoms. The summed E-state index contributed by atoms with van der Waals surface area (Å²) in [6, 6.07) is 5.32. The molecule has 2 unspecified atom stereocenters. The Morgan fingerprint density at radius 1 is 1.61 bits per heavy atom. The Labute approximate surface area is 120 Å². The Bertz CT molecular complexity index is 480. The van der Waals surface area contributed by atoms with E-state index in [1.165, 1.54) is 0 Å². The van der Waals surface area contributed by atoms with Gasteiger partial charge in [-0.05, 0) is 48.3 Å². The Morgan fingerprint density at radius 2 is 2.33 bits per heavy atom. The van der Waals surface area contributed by atoms with Gasteiger partial charge in [0.05, 0.1) is 22.2 Å². The van der Waals surface area contributed by atoms with E-state index >= 15 is 0 Å². The lowest BCUT2D eigenvalue weighted by Crippen LogP contribution is -2.50. The number of benzene rings is 1. The molecular weight excluding hydrogens is 318 g/mol. The lowest BCUT2D eigenvalue weighted by molar-refractivity contribution is 0.0727. The van der Waals surface area contributed by atoms with Crippen molar-refractivity contribution in [3.05, 3.63) is 33.3 Å². The van der Waals surface area contributed by atoms with Crippen molar-refractivity contribution in [2.75, 3.05) is 6.61 Å². The van der Waals surface area contributed by atoms with E-state index in [-0.39, 0.29) is 17.6 Å². The summed E-state index contributed by atoms with van der Waals surface area (Å²) in [5.41, 5.74) is 0.147. The lowest BCUT2D eigenvalue weighted by Gasteiger charge is -2.29. The highest BCUT2D eigenvalue weighted by Crippen LogP contribution is 2.29. The molecule has 2 rings (SSSR count). The standard InChI is InChI=1S/C13H15BrClNO2/c1-8-13(2,6-7-18-8)16-12(17)9-4-3-5-10(14)11(9)15/h3-5,8H,6-7H2,1-2H3,(H,16,17). The normalized spacial score (nSPS) is 27.2. The number of ether oxygens (including phenoxy) is 1. The van der Waals surface area contributed by atoms with Crippen molar-refractivity contribution in [1.29, 1.82) is 0 Å². The minimum Gasteiger partial charge on any atom is -0.376 e. The summed E-state index contributed by atoms with van der Waals surface area (Å²) in [6.07, 6.45) is 0.818. The first-order valence-electron chi connectivity index (χ1n) is 5.82. The summed E-state index contributed by atoms with van der Waals surface area (Å²) in [7, 11) is 0. The molecule has 0 aromatic heterocycles. The van der Waals surface area contributed by atoms with Gasteiger partial charge in [0, 0.05) is 11.1 Å². The van der Waals surface area contributed by atoms with Crippen LogP contribution in [0.2, 0.25) is 5.02 Å². The molecule has 1 aromatic carbocycles. The average molecular weight is 333 g/mol. The molecular formula is C13H15BrClNO2. The number of nitrogens with one attached hydrogen (secondary N) is 1. The molecule has 0 saturated carbocycles. The fourth-order valence-electron chi connectivity index (χ4n) is 2.00. The third-order valence-electron chi connectivity index (χ3n) is 3.48. The predicted molar refractivity (Wildman–Crippen MR) is 75.1 cm³/mol. The summed E-state index contributed by atoms with van der Waals surface area (Å²) in [6.45, 7) is 4.63. The highest BCUT2D eigenvalue weighted by molar-refractivity contribution is 9.10. The fraction of sp³-hybridized carbons (Fsp3) is 0.462. The van der Waals surface area contributed by atoms with E-state index in [4.69, 9.17) is 16.3 Å². The molecule has 1 heterocycles. The van der Waals surface area contributed by atoms with Gasteiger partial charge in [-0.1, -0.05) is 17.7 Å². The van der Waals surface area contributed by atoms with Gasteiger partial charge in [-0.15, -0.1) is 0 Å². The number of carbonyl (C=O) groups excluding carboxylic acids is 1. The van der Waals surface area contributed by atoms with Crippen molar-refractivity contribution >= 4 is 33.4 Å². The Morgan fingerprint density at radius 3 is 2.94 bits per heavy atom. The number of hydrogen-bond donors (Lipinski definition) is 1. The molecule has 5 heteroatoms. The van der Waals surface area contributed by atoms with Gasteiger partial charge in [0.2, 0.25) is 0 Å². The van der Waals surface area contributed by atoms with Gasteiger partial charge >= 0.3 is 0 Å².